The Morgan fingerprint density at radius 3 is 2.63 bits per heavy atom. The van der Waals surface area contributed by atoms with Crippen LogP contribution in [-0.2, 0) is 11.2 Å². The first-order valence-corrected chi connectivity index (χ1v) is 6.59. The van der Waals surface area contributed by atoms with Crippen molar-refractivity contribution in [3.8, 4) is 0 Å². The van der Waals surface area contributed by atoms with Crippen LogP contribution < -0.4 is 11.1 Å². The van der Waals surface area contributed by atoms with Gasteiger partial charge in [0.2, 0.25) is 5.91 Å². The number of hydrogen-bond acceptors (Lipinski definition) is 3. The molecular formula is C14H21N3O2. The van der Waals surface area contributed by atoms with Gasteiger partial charge in [-0.1, -0.05) is 27.2 Å². The van der Waals surface area contributed by atoms with E-state index in [1.807, 2.05) is 20.8 Å². The summed E-state index contributed by atoms with van der Waals surface area (Å²) in [4.78, 5) is 27.5. The first-order chi connectivity index (χ1) is 9.01. The number of primary amides is 1. The SMILES string of the molecule is CCCc1ccnc(NC(=O)C(C)CC)c1C(N)=O. The topological polar surface area (TPSA) is 85.1 Å². The quantitative estimate of drug-likeness (QED) is 0.824. The van der Waals surface area contributed by atoms with Crippen LogP contribution in [0.3, 0.4) is 0 Å². The maximum Gasteiger partial charge on any atom is 0.252 e. The average molecular weight is 263 g/mol. The second-order valence-corrected chi connectivity index (χ2v) is 4.61. The van der Waals surface area contributed by atoms with Gasteiger partial charge in [-0.15, -0.1) is 0 Å². The van der Waals surface area contributed by atoms with Crippen molar-refractivity contribution >= 4 is 17.6 Å². The fraction of sp³-hybridized carbons (Fsp3) is 0.500. The number of anilines is 1. The van der Waals surface area contributed by atoms with Crippen LogP contribution in [0, 0.1) is 5.92 Å². The molecule has 5 heteroatoms. The van der Waals surface area contributed by atoms with E-state index >= 15 is 0 Å². The third kappa shape index (κ3) is 3.77. The summed E-state index contributed by atoms with van der Waals surface area (Å²) in [5, 5.41) is 2.69. The molecule has 0 spiro atoms. The number of nitrogens with one attached hydrogen (secondary N) is 1. The summed E-state index contributed by atoms with van der Waals surface area (Å²) in [6, 6.07) is 1.77. The van der Waals surface area contributed by atoms with Crippen molar-refractivity contribution in [1.82, 2.24) is 4.98 Å². The summed E-state index contributed by atoms with van der Waals surface area (Å²) in [5.74, 6) is -0.566. The Hall–Kier alpha value is -1.91. The van der Waals surface area contributed by atoms with E-state index in [2.05, 4.69) is 10.3 Å². The van der Waals surface area contributed by atoms with Crippen molar-refractivity contribution in [3.05, 3.63) is 23.4 Å². The van der Waals surface area contributed by atoms with Crippen molar-refractivity contribution in [1.29, 1.82) is 0 Å². The molecule has 0 saturated carbocycles. The fourth-order valence-corrected chi connectivity index (χ4v) is 1.77. The van der Waals surface area contributed by atoms with E-state index in [1.165, 1.54) is 0 Å². The highest BCUT2D eigenvalue weighted by Gasteiger charge is 2.18. The molecular weight excluding hydrogens is 242 g/mol. The van der Waals surface area contributed by atoms with Crippen molar-refractivity contribution in [2.45, 2.75) is 40.0 Å². The van der Waals surface area contributed by atoms with Crippen LogP contribution in [0.2, 0.25) is 0 Å². The lowest BCUT2D eigenvalue weighted by atomic mass is 10.0. The lowest BCUT2D eigenvalue weighted by Gasteiger charge is -2.14. The van der Waals surface area contributed by atoms with Gasteiger partial charge in [-0.3, -0.25) is 9.59 Å². The van der Waals surface area contributed by atoms with Crippen LogP contribution in [0.1, 0.15) is 49.5 Å². The van der Waals surface area contributed by atoms with Gasteiger partial charge < -0.3 is 11.1 Å². The molecule has 1 aromatic rings. The highest BCUT2D eigenvalue weighted by atomic mass is 16.2. The third-order valence-electron chi connectivity index (χ3n) is 3.10. The number of nitrogens with zero attached hydrogens (tertiary/aromatic N) is 1. The number of hydrogen-bond donors (Lipinski definition) is 2. The number of aryl methyl sites for hydroxylation is 1. The normalized spacial score (nSPS) is 11.9. The van der Waals surface area contributed by atoms with Gasteiger partial charge >= 0.3 is 0 Å². The van der Waals surface area contributed by atoms with Gasteiger partial charge in [0.15, 0.2) is 0 Å². The molecule has 0 fully saturated rings. The number of aromatic nitrogens is 1. The van der Waals surface area contributed by atoms with Crippen LogP contribution in [0.4, 0.5) is 5.82 Å². The van der Waals surface area contributed by atoms with Crippen LogP contribution in [0.5, 0.6) is 0 Å². The number of pyridine rings is 1. The molecule has 1 rings (SSSR count). The second-order valence-electron chi connectivity index (χ2n) is 4.61. The maximum absolute atomic E-state index is 11.9. The Morgan fingerprint density at radius 1 is 1.42 bits per heavy atom. The molecule has 0 aliphatic heterocycles. The summed E-state index contributed by atoms with van der Waals surface area (Å²) in [5.41, 5.74) is 6.54. The van der Waals surface area contributed by atoms with Crippen LogP contribution in [0.15, 0.2) is 12.3 Å². The Balaban J connectivity index is 3.09. The monoisotopic (exact) mass is 263 g/mol. The first-order valence-electron chi connectivity index (χ1n) is 6.59. The largest absolute Gasteiger partial charge is 0.365 e. The van der Waals surface area contributed by atoms with Crippen molar-refractivity contribution in [2.75, 3.05) is 5.32 Å². The van der Waals surface area contributed by atoms with Crippen molar-refractivity contribution < 1.29 is 9.59 Å². The van der Waals surface area contributed by atoms with Gasteiger partial charge in [0.05, 0.1) is 5.56 Å². The third-order valence-corrected chi connectivity index (χ3v) is 3.10. The highest BCUT2D eigenvalue weighted by Crippen LogP contribution is 2.19. The molecule has 104 valence electrons. The first kappa shape index (κ1) is 15.1. The molecule has 2 amide bonds. The minimum Gasteiger partial charge on any atom is -0.365 e. The Labute approximate surface area is 113 Å². The van der Waals surface area contributed by atoms with E-state index in [9.17, 15) is 9.59 Å². The molecule has 0 aromatic carbocycles. The summed E-state index contributed by atoms with van der Waals surface area (Å²) >= 11 is 0. The number of rotatable bonds is 6. The van der Waals surface area contributed by atoms with Crippen molar-refractivity contribution in [3.63, 3.8) is 0 Å². The zero-order chi connectivity index (χ0) is 14.4. The van der Waals surface area contributed by atoms with Gasteiger partial charge in [-0.05, 0) is 24.5 Å². The molecule has 5 nitrogen and oxygen atoms in total. The lowest BCUT2D eigenvalue weighted by molar-refractivity contribution is -0.119. The summed E-state index contributed by atoms with van der Waals surface area (Å²) in [6.07, 6.45) is 3.94. The Kier molecular flexibility index (Phi) is 5.48. The van der Waals surface area contributed by atoms with E-state index < -0.39 is 5.91 Å². The second kappa shape index (κ2) is 6.87. The zero-order valence-corrected chi connectivity index (χ0v) is 11.7. The molecule has 1 heterocycles. The molecule has 3 N–H and O–H groups in total. The van der Waals surface area contributed by atoms with Gasteiger partial charge in [0, 0.05) is 12.1 Å². The number of carbonyl (C=O) groups excluding carboxylic acids is 2. The average Bonchev–Trinajstić information content (AvgIpc) is 2.37. The molecule has 1 aromatic heterocycles. The standard InChI is InChI=1S/C14H21N3O2/c1-4-6-10-7-8-16-13(11(10)12(15)18)17-14(19)9(3)5-2/h7-9H,4-6H2,1-3H3,(H2,15,18)(H,16,17,19). The number of amides is 2. The molecule has 19 heavy (non-hydrogen) atoms. The molecule has 0 bridgehead atoms. The van der Waals surface area contributed by atoms with Crippen LogP contribution in [0.25, 0.3) is 0 Å². The number of carbonyl (C=O) groups is 2. The predicted molar refractivity (Wildman–Crippen MR) is 74.8 cm³/mol. The van der Waals surface area contributed by atoms with Gasteiger partial charge in [0.1, 0.15) is 5.82 Å². The molecule has 1 atom stereocenters. The summed E-state index contributed by atoms with van der Waals surface area (Å²) in [7, 11) is 0. The van der Waals surface area contributed by atoms with E-state index in [0.29, 0.717) is 5.56 Å². The Bertz CT molecular complexity index is 472. The molecule has 0 aliphatic carbocycles. The van der Waals surface area contributed by atoms with E-state index in [-0.39, 0.29) is 17.6 Å². The fourth-order valence-electron chi connectivity index (χ4n) is 1.77. The van der Waals surface area contributed by atoms with Crippen LogP contribution in [-0.4, -0.2) is 16.8 Å². The lowest BCUT2D eigenvalue weighted by Crippen LogP contribution is -2.24. The number of nitrogens with two attached hydrogens (primary N) is 1. The van der Waals surface area contributed by atoms with E-state index in [4.69, 9.17) is 5.73 Å². The summed E-state index contributed by atoms with van der Waals surface area (Å²) in [6.45, 7) is 5.78. The highest BCUT2D eigenvalue weighted by molar-refractivity contribution is 6.03. The van der Waals surface area contributed by atoms with E-state index in [0.717, 1.165) is 24.8 Å². The zero-order valence-electron chi connectivity index (χ0n) is 11.7. The molecule has 0 aliphatic rings. The molecule has 1 unspecified atom stereocenters. The minimum atomic E-state index is -0.559. The van der Waals surface area contributed by atoms with Gasteiger partial charge in [0.25, 0.3) is 5.91 Å². The summed E-state index contributed by atoms with van der Waals surface area (Å²) < 4.78 is 0. The Morgan fingerprint density at radius 2 is 2.11 bits per heavy atom. The van der Waals surface area contributed by atoms with E-state index in [1.54, 1.807) is 12.3 Å². The van der Waals surface area contributed by atoms with Gasteiger partial charge in [-0.2, -0.15) is 0 Å². The molecule has 0 saturated heterocycles. The maximum atomic E-state index is 11.9. The molecule has 0 radical (unpaired) electrons. The van der Waals surface area contributed by atoms with Gasteiger partial charge in [-0.25, -0.2) is 4.98 Å². The van der Waals surface area contributed by atoms with Crippen molar-refractivity contribution in [2.24, 2.45) is 11.7 Å². The minimum absolute atomic E-state index is 0.127. The smallest absolute Gasteiger partial charge is 0.252 e. The van der Waals surface area contributed by atoms with Crippen LogP contribution >= 0.6 is 0 Å². The predicted octanol–water partition coefficient (Wildman–Crippen LogP) is 2.12.